The first-order valence-electron chi connectivity index (χ1n) is 6.17. The third-order valence-corrected chi connectivity index (χ3v) is 3.49. The normalized spacial score (nSPS) is 11.1. The maximum absolute atomic E-state index is 11.9. The Bertz CT molecular complexity index is 916. The number of aromatic nitrogens is 7. The molecule has 0 saturated carbocycles. The van der Waals surface area contributed by atoms with Crippen LogP contribution in [0.1, 0.15) is 11.3 Å². The average molecular weight is 305 g/mol. The van der Waals surface area contributed by atoms with Gasteiger partial charge in [0.1, 0.15) is 12.3 Å². The van der Waals surface area contributed by atoms with Crippen LogP contribution in [0.15, 0.2) is 17.1 Å². The summed E-state index contributed by atoms with van der Waals surface area (Å²) < 4.78 is 19.1. The van der Waals surface area contributed by atoms with Gasteiger partial charge in [-0.3, -0.25) is 5.09 Å². The number of tetrazole rings is 1. The summed E-state index contributed by atoms with van der Waals surface area (Å²) >= 11 is 1.03. The summed E-state index contributed by atoms with van der Waals surface area (Å²) in [5, 5.41) is 12.5. The molecule has 3 aromatic heterocycles. The second-order valence-electron chi connectivity index (χ2n) is 3.91. The molecule has 0 bridgehead atoms. The van der Waals surface area contributed by atoms with Gasteiger partial charge in [-0.05, 0) is 27.9 Å². The quantitative estimate of drug-likeness (QED) is 0.664. The topological polar surface area (TPSA) is 104 Å². The van der Waals surface area contributed by atoms with Gasteiger partial charge in [-0.25, -0.2) is 4.79 Å². The summed E-state index contributed by atoms with van der Waals surface area (Å²) in [5.74, 6) is 2.71. The van der Waals surface area contributed by atoms with Gasteiger partial charge in [-0.2, -0.15) is 9.06 Å². The zero-order valence-electron chi connectivity index (χ0n) is 11.8. The van der Waals surface area contributed by atoms with Crippen molar-refractivity contribution in [2.75, 3.05) is 0 Å². The molecule has 3 heterocycles. The highest BCUT2D eigenvalue weighted by molar-refractivity contribution is 7.08. The first kappa shape index (κ1) is 11.9. The highest BCUT2D eigenvalue weighted by Gasteiger charge is 2.19. The van der Waals surface area contributed by atoms with Gasteiger partial charge < -0.3 is 4.74 Å². The van der Waals surface area contributed by atoms with E-state index in [-0.39, 0.29) is 12.5 Å². The molecule has 0 atom stereocenters. The lowest BCUT2D eigenvalue weighted by molar-refractivity contribution is 0.293. The van der Waals surface area contributed by atoms with E-state index >= 15 is 0 Å². The number of rotatable bonds is 4. The van der Waals surface area contributed by atoms with Gasteiger partial charge in [0, 0.05) is 19.3 Å². The molecule has 0 aliphatic heterocycles. The number of hydrogen-bond donors (Lipinski definition) is 1. The summed E-state index contributed by atoms with van der Waals surface area (Å²) in [5.41, 5.74) is 0.487. The van der Waals surface area contributed by atoms with Gasteiger partial charge in [-0.15, -0.1) is 16.2 Å². The third-order valence-electron chi connectivity index (χ3n) is 2.62. The van der Waals surface area contributed by atoms with Crippen molar-refractivity contribution in [3.05, 3.63) is 34.0 Å². The Labute approximate surface area is 123 Å². The SMILES string of the molecule is [3H]n1ccc(OCc2c(C#C)nsc2-n2nnn(C)c2=O)n1. The summed E-state index contributed by atoms with van der Waals surface area (Å²) in [6, 6.07) is 1.54. The van der Waals surface area contributed by atoms with Crippen LogP contribution in [0.25, 0.3) is 5.00 Å². The molecule has 21 heavy (non-hydrogen) atoms. The molecule has 9 nitrogen and oxygen atoms in total. The van der Waals surface area contributed by atoms with Crippen LogP contribution in [0.5, 0.6) is 5.88 Å². The van der Waals surface area contributed by atoms with Crippen molar-refractivity contribution in [1.82, 2.24) is 34.4 Å². The van der Waals surface area contributed by atoms with Crippen LogP contribution in [0.2, 0.25) is 1.41 Å². The largest absolute Gasteiger partial charge is 0.472 e. The Balaban J connectivity index is 1.96. The van der Waals surface area contributed by atoms with E-state index in [0.717, 1.165) is 26.0 Å². The molecule has 0 aromatic carbocycles. The van der Waals surface area contributed by atoms with E-state index in [1.54, 1.807) is 0 Å². The van der Waals surface area contributed by atoms with Crippen molar-refractivity contribution in [2.45, 2.75) is 6.61 Å². The standard InChI is InChI=1S/C11H9N7O2S/c1-3-8-7(6-20-9-4-5-12-13-9)10(21-14-8)18-11(19)17(2)15-16-18/h1,4-5H,6H2,2H3,(H,12,13)/i/hT. The van der Waals surface area contributed by atoms with Crippen LogP contribution in [0.4, 0.5) is 0 Å². The molecule has 0 amide bonds. The maximum Gasteiger partial charge on any atom is 0.369 e. The van der Waals surface area contributed by atoms with Crippen LogP contribution >= 0.6 is 11.5 Å². The zero-order valence-corrected chi connectivity index (χ0v) is 11.6. The van der Waals surface area contributed by atoms with Crippen molar-refractivity contribution in [2.24, 2.45) is 7.05 Å². The van der Waals surface area contributed by atoms with Crippen LogP contribution < -0.4 is 10.4 Å². The van der Waals surface area contributed by atoms with E-state index in [2.05, 4.69) is 25.8 Å². The van der Waals surface area contributed by atoms with Gasteiger partial charge >= 0.3 is 5.69 Å². The molecule has 0 spiro atoms. The summed E-state index contributed by atoms with van der Waals surface area (Å²) in [6.07, 6.45) is 6.85. The smallest absolute Gasteiger partial charge is 0.369 e. The van der Waals surface area contributed by atoms with Crippen molar-refractivity contribution in [1.29, 1.82) is 0 Å². The Morgan fingerprint density at radius 3 is 3.10 bits per heavy atom. The fraction of sp³-hybridized carbons (Fsp3) is 0.182. The highest BCUT2D eigenvalue weighted by atomic mass is 32.1. The van der Waals surface area contributed by atoms with Crippen molar-refractivity contribution in [3.8, 4) is 23.2 Å². The van der Waals surface area contributed by atoms with Crippen LogP contribution in [-0.4, -0.2) is 34.4 Å². The summed E-state index contributed by atoms with van der Waals surface area (Å²) in [6.45, 7) is 0.0470. The van der Waals surface area contributed by atoms with Crippen LogP contribution in [0, 0.1) is 12.3 Å². The van der Waals surface area contributed by atoms with Crippen molar-refractivity contribution in [3.63, 3.8) is 0 Å². The molecule has 0 saturated heterocycles. The van der Waals surface area contributed by atoms with E-state index in [1.807, 2.05) is 0 Å². The minimum absolute atomic E-state index is 0.0470. The van der Waals surface area contributed by atoms with Crippen LogP contribution in [0.3, 0.4) is 0 Å². The highest BCUT2D eigenvalue weighted by Crippen LogP contribution is 2.22. The Morgan fingerprint density at radius 1 is 1.62 bits per heavy atom. The molecule has 3 aromatic rings. The van der Waals surface area contributed by atoms with Gasteiger partial charge in [0.05, 0.1) is 5.56 Å². The monoisotopic (exact) mass is 305 g/mol. The molecule has 0 aliphatic rings. The van der Waals surface area contributed by atoms with Gasteiger partial charge in [-0.1, -0.05) is 0 Å². The van der Waals surface area contributed by atoms with Crippen molar-refractivity contribution < 1.29 is 6.15 Å². The lowest BCUT2D eigenvalue weighted by Gasteiger charge is -2.03. The number of H-pyrrole nitrogens is 1. The van der Waals surface area contributed by atoms with Gasteiger partial charge in [0.15, 0.2) is 6.41 Å². The molecular formula is C11H9N7O2S. The number of aryl methyl sites for hydroxylation is 1. The fourth-order valence-corrected chi connectivity index (χ4v) is 2.39. The number of nitrogens with zero attached hydrogens (tertiary/aromatic N) is 6. The maximum atomic E-state index is 11.9. The van der Waals surface area contributed by atoms with Crippen molar-refractivity contribution >= 4 is 11.5 Å². The molecular weight excluding hydrogens is 294 g/mol. The molecule has 10 heteroatoms. The van der Waals surface area contributed by atoms with E-state index in [9.17, 15) is 4.79 Å². The number of aromatic amines is 1. The Kier molecular flexibility index (Phi) is 2.95. The van der Waals surface area contributed by atoms with E-state index < -0.39 is 5.69 Å². The van der Waals surface area contributed by atoms with Crippen LogP contribution in [-0.2, 0) is 13.7 Å². The number of nitrogens with one attached hydrogen (secondary N) is 1. The molecule has 3 rings (SSSR count). The van der Waals surface area contributed by atoms with E-state index in [1.165, 1.54) is 19.3 Å². The lowest BCUT2D eigenvalue weighted by atomic mass is 10.2. The Hall–Kier alpha value is -2.93. The molecule has 0 unspecified atom stereocenters. The molecule has 0 fully saturated rings. The lowest BCUT2D eigenvalue weighted by Crippen LogP contribution is -2.22. The second-order valence-corrected chi connectivity index (χ2v) is 4.67. The first-order chi connectivity index (χ1) is 10.6. The summed E-state index contributed by atoms with van der Waals surface area (Å²) in [4.78, 5) is 11.9. The molecule has 0 aliphatic carbocycles. The predicted octanol–water partition coefficient (Wildman–Crippen LogP) is -0.294. The van der Waals surface area contributed by atoms with E-state index in [4.69, 9.17) is 12.6 Å². The average Bonchev–Trinajstić information content (AvgIpc) is 3.18. The minimum Gasteiger partial charge on any atom is -0.472 e. The first-order valence-corrected chi connectivity index (χ1v) is 6.49. The van der Waals surface area contributed by atoms with Gasteiger partial charge in [0.2, 0.25) is 5.88 Å². The van der Waals surface area contributed by atoms with Gasteiger partial charge in [0.25, 0.3) is 0 Å². The van der Waals surface area contributed by atoms with E-state index in [0.29, 0.717) is 16.3 Å². The Morgan fingerprint density at radius 2 is 2.48 bits per heavy atom. The molecule has 1 N–H and O–H groups in total. The summed E-state index contributed by atoms with van der Waals surface area (Å²) in [7, 11) is 1.49. The fourth-order valence-electron chi connectivity index (χ4n) is 1.60. The zero-order chi connectivity index (χ0) is 15.7. The second kappa shape index (κ2) is 5.22. The molecule has 0 radical (unpaired) electrons. The number of terminal acetylenes is 1. The molecule has 106 valence electrons. The number of hydrogen-bond acceptors (Lipinski definition) is 7. The predicted molar refractivity (Wildman–Crippen MR) is 73.1 cm³/mol. The number of ether oxygens (including phenoxy) is 1. The third kappa shape index (κ3) is 2.30. The minimum atomic E-state index is -0.413.